The summed E-state index contributed by atoms with van der Waals surface area (Å²) >= 11 is 0. The van der Waals surface area contributed by atoms with E-state index in [4.69, 9.17) is 9.47 Å². The normalized spacial score (nSPS) is 25.7. The summed E-state index contributed by atoms with van der Waals surface area (Å²) in [7, 11) is 0. The van der Waals surface area contributed by atoms with Crippen LogP contribution in [0.25, 0.3) is 11.1 Å². The predicted octanol–water partition coefficient (Wildman–Crippen LogP) is 1.26. The van der Waals surface area contributed by atoms with Gasteiger partial charge in [0.05, 0.1) is 18.3 Å². The van der Waals surface area contributed by atoms with Crippen molar-refractivity contribution >= 4 is 5.97 Å². The molecule has 0 aliphatic carbocycles. The molecule has 3 rings (SSSR count). The molecule has 0 amide bonds. The summed E-state index contributed by atoms with van der Waals surface area (Å²) in [6.07, 6.45) is -3.92. The lowest BCUT2D eigenvalue weighted by molar-refractivity contribution is -0.240. The fourth-order valence-corrected chi connectivity index (χ4v) is 2.89. The topological polar surface area (TPSA) is 116 Å². The van der Waals surface area contributed by atoms with Crippen LogP contribution in [-0.4, -0.2) is 57.6 Å². The van der Waals surface area contributed by atoms with Gasteiger partial charge in [0.15, 0.2) is 0 Å². The Morgan fingerprint density at radius 3 is 2.62 bits per heavy atom. The van der Waals surface area contributed by atoms with Crippen LogP contribution in [-0.2, 0) is 4.74 Å². The van der Waals surface area contributed by atoms with Gasteiger partial charge in [-0.25, -0.2) is 4.79 Å². The molecule has 1 aliphatic heterocycles. The third kappa shape index (κ3) is 3.86. The Kier molecular flexibility index (Phi) is 5.53. The Bertz CT molecular complexity index is 776. The van der Waals surface area contributed by atoms with Crippen molar-refractivity contribution in [2.45, 2.75) is 31.0 Å². The lowest BCUT2D eigenvalue weighted by Crippen LogP contribution is -2.51. The van der Waals surface area contributed by atoms with Crippen LogP contribution < -0.4 is 4.74 Å². The van der Waals surface area contributed by atoms with Gasteiger partial charge in [0.1, 0.15) is 18.0 Å². The van der Waals surface area contributed by atoms with Crippen molar-refractivity contribution in [2.24, 2.45) is 0 Å². The van der Waals surface area contributed by atoms with Crippen LogP contribution in [0.3, 0.4) is 0 Å². The minimum atomic E-state index is -1.06. The smallest absolute Gasteiger partial charge is 0.335 e. The molecule has 0 unspecified atom stereocenters. The van der Waals surface area contributed by atoms with Crippen LogP contribution in [0, 0.1) is 0 Å². The Morgan fingerprint density at radius 2 is 1.88 bits per heavy atom. The fraction of sp³-hybridized carbons (Fsp3) is 0.316. The van der Waals surface area contributed by atoms with E-state index < -0.39 is 37.2 Å². The standard InChI is InChI=1S/C19H20O7/c20-10-17-14(21)9-15(22)19(26-17)25-16-7-2-1-6-13(16)11-4-3-5-12(8-11)18(23)24/h1-8,14-15,17,19-22H,9-10H2,(H,23,24)/t14-,15-,17-,19-/m1/s1. The molecule has 0 radical (unpaired) electrons. The summed E-state index contributed by atoms with van der Waals surface area (Å²) in [5, 5.41) is 38.3. The van der Waals surface area contributed by atoms with Crippen LogP contribution >= 0.6 is 0 Å². The molecule has 1 heterocycles. The second-order valence-electron chi connectivity index (χ2n) is 6.10. The van der Waals surface area contributed by atoms with Crippen molar-refractivity contribution in [3.8, 4) is 16.9 Å². The summed E-state index contributed by atoms with van der Waals surface area (Å²) in [4.78, 5) is 11.2. The molecule has 4 N–H and O–H groups in total. The Hall–Kier alpha value is -2.45. The number of para-hydroxylation sites is 1. The predicted molar refractivity (Wildman–Crippen MR) is 91.8 cm³/mol. The lowest BCUT2D eigenvalue weighted by Gasteiger charge is -2.36. The zero-order valence-electron chi connectivity index (χ0n) is 13.9. The van der Waals surface area contributed by atoms with E-state index in [1.165, 1.54) is 12.1 Å². The van der Waals surface area contributed by atoms with Crippen molar-refractivity contribution in [3.63, 3.8) is 0 Å². The van der Waals surface area contributed by atoms with Gasteiger partial charge in [-0.05, 0) is 23.8 Å². The molecule has 2 aromatic carbocycles. The number of carboxylic acids is 1. The zero-order chi connectivity index (χ0) is 18.7. The maximum atomic E-state index is 11.2. The number of carboxylic acid groups (broad SMARTS) is 1. The van der Waals surface area contributed by atoms with E-state index in [0.29, 0.717) is 16.9 Å². The van der Waals surface area contributed by atoms with Gasteiger partial charge in [-0.15, -0.1) is 0 Å². The minimum Gasteiger partial charge on any atom is -0.478 e. The first-order chi connectivity index (χ1) is 12.5. The summed E-state index contributed by atoms with van der Waals surface area (Å²) in [5.41, 5.74) is 1.43. The van der Waals surface area contributed by atoms with Gasteiger partial charge < -0.3 is 29.9 Å². The van der Waals surface area contributed by atoms with Crippen molar-refractivity contribution in [3.05, 3.63) is 54.1 Å². The first-order valence-electron chi connectivity index (χ1n) is 8.21. The summed E-state index contributed by atoms with van der Waals surface area (Å²) < 4.78 is 11.2. The molecular weight excluding hydrogens is 340 g/mol. The number of aliphatic hydroxyl groups excluding tert-OH is 3. The molecule has 7 heteroatoms. The van der Waals surface area contributed by atoms with Crippen LogP contribution in [0.1, 0.15) is 16.8 Å². The van der Waals surface area contributed by atoms with E-state index in [1.54, 1.807) is 36.4 Å². The van der Waals surface area contributed by atoms with Crippen molar-refractivity contribution in [1.29, 1.82) is 0 Å². The van der Waals surface area contributed by atoms with E-state index in [2.05, 4.69) is 0 Å². The first-order valence-corrected chi connectivity index (χ1v) is 8.21. The highest BCUT2D eigenvalue weighted by Gasteiger charge is 2.37. The van der Waals surface area contributed by atoms with E-state index >= 15 is 0 Å². The highest BCUT2D eigenvalue weighted by Crippen LogP contribution is 2.33. The molecule has 138 valence electrons. The molecule has 7 nitrogen and oxygen atoms in total. The number of hydrogen-bond acceptors (Lipinski definition) is 6. The molecule has 1 fully saturated rings. The number of rotatable bonds is 5. The van der Waals surface area contributed by atoms with Crippen LogP contribution in [0.4, 0.5) is 0 Å². The quantitative estimate of drug-likeness (QED) is 0.634. The van der Waals surface area contributed by atoms with Crippen LogP contribution in [0.5, 0.6) is 5.75 Å². The third-order valence-corrected chi connectivity index (χ3v) is 4.27. The molecular formula is C19H20O7. The molecule has 2 aromatic rings. The van der Waals surface area contributed by atoms with Gasteiger partial charge in [-0.3, -0.25) is 0 Å². The summed E-state index contributed by atoms with van der Waals surface area (Å²) in [5.74, 6) is -0.636. The second kappa shape index (κ2) is 7.84. The molecule has 0 aromatic heterocycles. The largest absolute Gasteiger partial charge is 0.478 e. The van der Waals surface area contributed by atoms with E-state index in [1.807, 2.05) is 0 Å². The maximum Gasteiger partial charge on any atom is 0.335 e. The number of aromatic carboxylic acids is 1. The lowest BCUT2D eigenvalue weighted by atomic mass is 10.0. The number of ether oxygens (including phenoxy) is 2. The number of aliphatic hydroxyl groups is 3. The van der Waals surface area contributed by atoms with E-state index in [-0.39, 0.29) is 12.0 Å². The van der Waals surface area contributed by atoms with E-state index in [9.17, 15) is 25.2 Å². The fourth-order valence-electron chi connectivity index (χ4n) is 2.89. The molecule has 1 aliphatic rings. The number of carbonyl (C=O) groups is 1. The highest BCUT2D eigenvalue weighted by atomic mass is 16.7. The molecule has 0 bridgehead atoms. The van der Waals surface area contributed by atoms with Gasteiger partial charge in [-0.1, -0.05) is 30.3 Å². The van der Waals surface area contributed by atoms with Crippen molar-refractivity contribution in [1.82, 2.24) is 0 Å². The van der Waals surface area contributed by atoms with Crippen molar-refractivity contribution < 1.29 is 34.7 Å². The van der Waals surface area contributed by atoms with Gasteiger partial charge in [0.25, 0.3) is 0 Å². The number of benzene rings is 2. The summed E-state index contributed by atoms with van der Waals surface area (Å²) in [6, 6.07) is 13.4. The monoisotopic (exact) mass is 360 g/mol. The first kappa shape index (κ1) is 18.3. The Morgan fingerprint density at radius 1 is 1.12 bits per heavy atom. The zero-order valence-corrected chi connectivity index (χ0v) is 13.9. The van der Waals surface area contributed by atoms with Gasteiger partial charge in [0.2, 0.25) is 6.29 Å². The summed E-state index contributed by atoms with van der Waals surface area (Å²) in [6.45, 7) is -0.393. The Balaban J connectivity index is 1.88. The highest BCUT2D eigenvalue weighted by molar-refractivity contribution is 5.89. The number of hydrogen-bond donors (Lipinski definition) is 4. The van der Waals surface area contributed by atoms with Crippen molar-refractivity contribution in [2.75, 3.05) is 6.61 Å². The van der Waals surface area contributed by atoms with Gasteiger partial charge >= 0.3 is 5.97 Å². The maximum absolute atomic E-state index is 11.2. The minimum absolute atomic E-state index is 0.0204. The van der Waals surface area contributed by atoms with Gasteiger partial charge in [0, 0.05) is 12.0 Å². The molecule has 26 heavy (non-hydrogen) atoms. The van der Waals surface area contributed by atoms with Gasteiger partial charge in [-0.2, -0.15) is 0 Å². The molecule has 4 atom stereocenters. The molecule has 0 saturated carbocycles. The van der Waals surface area contributed by atoms with Crippen LogP contribution in [0.15, 0.2) is 48.5 Å². The van der Waals surface area contributed by atoms with E-state index in [0.717, 1.165) is 0 Å². The Labute approximate surface area is 150 Å². The average molecular weight is 360 g/mol. The average Bonchev–Trinajstić information content (AvgIpc) is 2.64. The SMILES string of the molecule is O=C(O)c1cccc(-c2ccccc2O[C@@H]2O[C@H](CO)[C@H](O)C[C@H]2O)c1. The second-order valence-corrected chi connectivity index (χ2v) is 6.10. The third-order valence-electron chi connectivity index (χ3n) is 4.27. The van der Waals surface area contributed by atoms with Crippen LogP contribution in [0.2, 0.25) is 0 Å². The molecule has 0 spiro atoms. The molecule has 1 saturated heterocycles.